The molecule has 6 aliphatic rings. The second-order valence-corrected chi connectivity index (χ2v) is 18.4. The molecule has 52 heavy (non-hydrogen) atoms. The maximum atomic E-state index is 12.4. The Hall–Kier alpha value is -2.69. The molecular formula is C41H68O11. The van der Waals surface area contributed by atoms with Crippen LogP contribution in [0.15, 0.2) is 0 Å². The third kappa shape index (κ3) is 11.7. The summed E-state index contributed by atoms with van der Waals surface area (Å²) < 4.78 is 26.2. The van der Waals surface area contributed by atoms with E-state index in [9.17, 15) is 29.1 Å². The van der Waals surface area contributed by atoms with Crippen LogP contribution in [0.5, 0.6) is 0 Å². The number of ether oxygens (including phenoxy) is 5. The second-order valence-electron chi connectivity index (χ2n) is 18.4. The van der Waals surface area contributed by atoms with Crippen LogP contribution in [0.4, 0.5) is 0 Å². The molecule has 0 aromatic rings. The van der Waals surface area contributed by atoms with Crippen LogP contribution in [0.1, 0.15) is 166 Å². The predicted octanol–water partition coefficient (Wildman–Crippen LogP) is 7.56. The first-order valence-corrected chi connectivity index (χ1v) is 19.7. The van der Waals surface area contributed by atoms with Crippen molar-refractivity contribution < 1.29 is 52.8 Å². The van der Waals surface area contributed by atoms with E-state index in [0.29, 0.717) is 44.1 Å². The van der Waals surface area contributed by atoms with Gasteiger partial charge in [0.15, 0.2) is 6.61 Å². The molecule has 11 nitrogen and oxygen atoms in total. The molecule has 0 aromatic carbocycles. The number of carbonyl (C=O) groups excluding carboxylic acids is 5. The third-order valence-electron chi connectivity index (χ3n) is 12.3. The lowest BCUT2D eigenvalue weighted by atomic mass is 9.52. The summed E-state index contributed by atoms with van der Waals surface area (Å²) in [5, 5.41) is 10.6. The lowest BCUT2D eigenvalue weighted by molar-refractivity contribution is -0.225. The second kappa shape index (κ2) is 17.2. The first-order valence-electron chi connectivity index (χ1n) is 19.7. The number of aliphatic hydroxyl groups is 1. The molecule has 1 saturated heterocycles. The van der Waals surface area contributed by atoms with Gasteiger partial charge in [-0.3, -0.25) is 14.4 Å². The van der Waals surface area contributed by atoms with Crippen LogP contribution in [0.2, 0.25) is 0 Å². The summed E-state index contributed by atoms with van der Waals surface area (Å²) in [6.45, 7) is 19.0. The Labute approximate surface area is 311 Å². The van der Waals surface area contributed by atoms with Crippen molar-refractivity contribution in [3.05, 3.63) is 0 Å². The SMILES string of the molecule is CCC(C)(C)C(=O)OC12CC3CC(CC(O)(C3)C1)C2.CCC(C)(C)C(=O)OC1CCOC1=O.CCC(C)(C)C(=O)OCC(=O)OC1(C)CCCCC1. The van der Waals surface area contributed by atoms with Crippen molar-refractivity contribution in [3.8, 4) is 0 Å². The molecule has 298 valence electrons. The lowest BCUT2D eigenvalue weighted by Crippen LogP contribution is -2.61. The van der Waals surface area contributed by atoms with Crippen LogP contribution in [-0.2, 0) is 47.7 Å². The molecule has 0 radical (unpaired) electrons. The minimum Gasteiger partial charge on any atom is -0.463 e. The summed E-state index contributed by atoms with van der Waals surface area (Å²) in [5.41, 5.74) is -2.77. The molecular weight excluding hydrogens is 668 g/mol. The number of rotatable bonds is 11. The van der Waals surface area contributed by atoms with Gasteiger partial charge in [-0.2, -0.15) is 0 Å². The van der Waals surface area contributed by atoms with Gasteiger partial charge in [-0.1, -0.05) is 27.2 Å². The zero-order valence-corrected chi connectivity index (χ0v) is 33.8. The topological polar surface area (TPSA) is 152 Å². The van der Waals surface area contributed by atoms with E-state index in [4.69, 9.17) is 23.7 Å². The summed E-state index contributed by atoms with van der Waals surface area (Å²) in [7, 11) is 0. The van der Waals surface area contributed by atoms with Crippen LogP contribution < -0.4 is 0 Å². The van der Waals surface area contributed by atoms with Crippen LogP contribution in [-0.4, -0.2) is 71.1 Å². The Bertz CT molecular complexity index is 1260. The van der Waals surface area contributed by atoms with Crippen molar-refractivity contribution in [2.75, 3.05) is 13.2 Å². The van der Waals surface area contributed by atoms with Crippen LogP contribution in [0.3, 0.4) is 0 Å². The summed E-state index contributed by atoms with van der Waals surface area (Å²) in [6.07, 6.45) is 12.8. The summed E-state index contributed by atoms with van der Waals surface area (Å²) >= 11 is 0. The third-order valence-corrected chi connectivity index (χ3v) is 12.3. The van der Waals surface area contributed by atoms with Gasteiger partial charge in [0, 0.05) is 12.8 Å². The van der Waals surface area contributed by atoms with Crippen molar-refractivity contribution in [2.24, 2.45) is 28.1 Å². The quantitative estimate of drug-likeness (QED) is 0.165. The van der Waals surface area contributed by atoms with E-state index in [1.54, 1.807) is 13.8 Å². The molecule has 0 aromatic heterocycles. The van der Waals surface area contributed by atoms with Crippen molar-refractivity contribution in [2.45, 2.75) is 188 Å². The standard InChI is InChI=1S/C16H26O3.C15H26O4.C10H16O4/c1-4-14(2,3)13(17)19-16-8-11-5-12(9-16)7-15(18,6-11)10-16;1-5-14(2,3)13(17)18-11-12(16)19-15(4)9-7-6-8-10-15;1-4-10(2,3)9(12)14-7-5-6-13-8(7)11/h11-12,18H,4-10H2,1-3H3;5-11H2,1-4H3;7H,4-6H2,1-3H3. The molecule has 0 spiro atoms. The first kappa shape index (κ1) is 43.7. The van der Waals surface area contributed by atoms with Gasteiger partial charge in [0.2, 0.25) is 6.10 Å². The number of esters is 5. The average molecular weight is 737 g/mol. The van der Waals surface area contributed by atoms with Gasteiger partial charge >= 0.3 is 29.8 Å². The molecule has 4 bridgehead atoms. The highest BCUT2D eigenvalue weighted by molar-refractivity contribution is 5.83. The zero-order valence-electron chi connectivity index (χ0n) is 33.8. The van der Waals surface area contributed by atoms with E-state index in [1.165, 1.54) is 12.8 Å². The molecule has 3 unspecified atom stereocenters. The maximum absolute atomic E-state index is 12.4. The van der Waals surface area contributed by atoms with Gasteiger partial charge in [-0.25, -0.2) is 9.59 Å². The largest absolute Gasteiger partial charge is 0.463 e. The monoisotopic (exact) mass is 736 g/mol. The molecule has 1 aliphatic heterocycles. The molecule has 6 rings (SSSR count). The summed E-state index contributed by atoms with van der Waals surface area (Å²) in [6, 6.07) is 0. The summed E-state index contributed by atoms with van der Waals surface area (Å²) in [4.78, 5) is 58.5. The zero-order chi connectivity index (χ0) is 39.2. The average Bonchev–Trinajstić information content (AvgIpc) is 3.46. The van der Waals surface area contributed by atoms with Gasteiger partial charge in [0.25, 0.3) is 0 Å². The number of hydrogen-bond acceptors (Lipinski definition) is 11. The summed E-state index contributed by atoms with van der Waals surface area (Å²) in [5.74, 6) is -0.507. The van der Waals surface area contributed by atoms with Crippen LogP contribution >= 0.6 is 0 Å². The minimum atomic E-state index is -0.687. The normalized spacial score (nSPS) is 29.0. The molecule has 5 saturated carbocycles. The number of cyclic esters (lactones) is 1. The predicted molar refractivity (Wildman–Crippen MR) is 195 cm³/mol. The van der Waals surface area contributed by atoms with Crippen LogP contribution in [0, 0.1) is 28.1 Å². The fourth-order valence-electron chi connectivity index (χ4n) is 7.92. The fraction of sp³-hybridized carbons (Fsp3) is 0.878. The van der Waals surface area contributed by atoms with Gasteiger partial charge in [0.05, 0.1) is 28.5 Å². The van der Waals surface area contributed by atoms with E-state index in [2.05, 4.69) is 0 Å². The van der Waals surface area contributed by atoms with Crippen LogP contribution in [0.25, 0.3) is 0 Å². The Morgan fingerprint density at radius 3 is 1.77 bits per heavy atom. The Balaban J connectivity index is 0.000000213. The fourth-order valence-corrected chi connectivity index (χ4v) is 7.92. The molecule has 5 aliphatic carbocycles. The highest BCUT2D eigenvalue weighted by atomic mass is 16.6. The van der Waals surface area contributed by atoms with E-state index in [1.807, 2.05) is 55.4 Å². The minimum absolute atomic E-state index is 0.0828. The van der Waals surface area contributed by atoms with Gasteiger partial charge in [-0.05, 0) is 137 Å². The maximum Gasteiger partial charge on any atom is 0.347 e. The Morgan fingerprint density at radius 1 is 0.769 bits per heavy atom. The van der Waals surface area contributed by atoms with Crippen molar-refractivity contribution in [1.82, 2.24) is 0 Å². The van der Waals surface area contributed by atoms with E-state index < -0.39 is 39.9 Å². The highest BCUT2D eigenvalue weighted by Gasteiger charge is 2.59. The first-order chi connectivity index (χ1) is 24.0. The smallest absolute Gasteiger partial charge is 0.347 e. The van der Waals surface area contributed by atoms with Gasteiger partial charge < -0.3 is 28.8 Å². The van der Waals surface area contributed by atoms with E-state index in [-0.39, 0.29) is 35.7 Å². The number of carbonyl (C=O) groups is 5. The number of hydrogen-bond donors (Lipinski definition) is 1. The van der Waals surface area contributed by atoms with Crippen molar-refractivity contribution >= 4 is 29.8 Å². The van der Waals surface area contributed by atoms with Gasteiger partial charge in [0.1, 0.15) is 11.2 Å². The molecule has 1 heterocycles. The Morgan fingerprint density at radius 2 is 1.29 bits per heavy atom. The van der Waals surface area contributed by atoms with Crippen molar-refractivity contribution in [3.63, 3.8) is 0 Å². The van der Waals surface area contributed by atoms with E-state index in [0.717, 1.165) is 57.8 Å². The Kier molecular flexibility index (Phi) is 14.5. The van der Waals surface area contributed by atoms with Gasteiger partial charge in [-0.15, -0.1) is 0 Å². The lowest BCUT2D eigenvalue weighted by Gasteiger charge is -2.59. The van der Waals surface area contributed by atoms with E-state index >= 15 is 0 Å². The molecule has 11 heteroatoms. The molecule has 6 fully saturated rings. The molecule has 3 atom stereocenters. The molecule has 0 amide bonds. The molecule has 1 N–H and O–H groups in total. The highest BCUT2D eigenvalue weighted by Crippen LogP contribution is 2.59. The van der Waals surface area contributed by atoms with Crippen molar-refractivity contribution in [1.29, 1.82) is 0 Å².